The van der Waals surface area contributed by atoms with E-state index in [1.807, 2.05) is 0 Å². The van der Waals surface area contributed by atoms with Crippen molar-refractivity contribution in [3.05, 3.63) is 40.6 Å². The van der Waals surface area contributed by atoms with E-state index in [9.17, 15) is 19.6 Å². The standard InChI is InChI=1S/C13H17N3O6S/c1-8(17)15-11(12(14)18)7-23-13(19)10-4-2-9(3-5-10)6-22-16(20)21/h2-5,11,16,20H,6-7H2,1H3,(H2,14,18)(H,15,17)/t11-/m0/s1. The number of nitrogens with two attached hydrogens (primary N) is 1. The van der Waals surface area contributed by atoms with E-state index < -0.39 is 23.2 Å². The van der Waals surface area contributed by atoms with Gasteiger partial charge in [-0.3, -0.25) is 14.4 Å². The molecular weight excluding hydrogens is 326 g/mol. The van der Waals surface area contributed by atoms with Crippen LogP contribution in [-0.4, -0.2) is 33.9 Å². The molecule has 5 N–H and O–H groups in total. The molecule has 2 atom stereocenters. The van der Waals surface area contributed by atoms with Crippen LogP contribution < -0.4 is 16.4 Å². The van der Waals surface area contributed by atoms with Crippen molar-refractivity contribution in [2.45, 2.75) is 19.6 Å². The molecule has 0 aliphatic rings. The second kappa shape index (κ2) is 9.22. The second-order valence-corrected chi connectivity index (χ2v) is 5.50. The predicted octanol–water partition coefficient (Wildman–Crippen LogP) is -1.25. The fourth-order valence-corrected chi connectivity index (χ4v) is 2.43. The van der Waals surface area contributed by atoms with Crippen LogP contribution in [0.25, 0.3) is 0 Å². The number of hydrogen-bond acceptors (Lipinski definition) is 7. The van der Waals surface area contributed by atoms with Crippen LogP contribution in [0, 0.1) is 5.21 Å². The van der Waals surface area contributed by atoms with Crippen molar-refractivity contribution in [3.8, 4) is 0 Å². The normalized spacial score (nSPS) is 13.2. The third-order valence-electron chi connectivity index (χ3n) is 2.65. The largest absolute Gasteiger partial charge is 0.566 e. The third-order valence-corrected chi connectivity index (χ3v) is 3.65. The molecule has 23 heavy (non-hydrogen) atoms. The van der Waals surface area contributed by atoms with Crippen LogP contribution in [0.5, 0.6) is 0 Å². The van der Waals surface area contributed by atoms with Gasteiger partial charge >= 0.3 is 0 Å². The molecule has 1 aromatic carbocycles. The van der Waals surface area contributed by atoms with Gasteiger partial charge in [0.1, 0.15) is 12.6 Å². The average molecular weight is 343 g/mol. The zero-order valence-corrected chi connectivity index (χ0v) is 13.1. The summed E-state index contributed by atoms with van der Waals surface area (Å²) in [5.74, 6) is -1.11. The highest BCUT2D eigenvalue weighted by atomic mass is 32.2. The zero-order chi connectivity index (χ0) is 17.4. The molecule has 0 saturated heterocycles. The number of benzene rings is 1. The van der Waals surface area contributed by atoms with Crippen molar-refractivity contribution < 1.29 is 29.8 Å². The topological polar surface area (TPSA) is 146 Å². The fourth-order valence-electron chi connectivity index (χ4n) is 1.56. The first kappa shape index (κ1) is 19.1. The molecule has 1 unspecified atom stereocenters. The number of primary amides is 1. The highest BCUT2D eigenvalue weighted by Gasteiger charge is 2.18. The minimum atomic E-state index is -1.38. The Labute approximate surface area is 136 Å². The number of thioether (sulfide) groups is 1. The van der Waals surface area contributed by atoms with Gasteiger partial charge in [0.15, 0.2) is 0 Å². The maximum atomic E-state index is 12.0. The van der Waals surface area contributed by atoms with Crippen molar-refractivity contribution in [2.24, 2.45) is 5.73 Å². The molecule has 0 spiro atoms. The van der Waals surface area contributed by atoms with E-state index >= 15 is 0 Å². The summed E-state index contributed by atoms with van der Waals surface area (Å²) in [6.45, 7) is 1.14. The Morgan fingerprint density at radius 3 is 2.48 bits per heavy atom. The summed E-state index contributed by atoms with van der Waals surface area (Å²) < 4.78 is 0. The molecule has 1 rings (SSSR count). The molecule has 0 saturated carbocycles. The number of carbonyl (C=O) groups excluding carboxylic acids is 3. The van der Waals surface area contributed by atoms with E-state index in [2.05, 4.69) is 10.2 Å². The molecule has 0 heterocycles. The van der Waals surface area contributed by atoms with Crippen molar-refractivity contribution in [1.82, 2.24) is 5.32 Å². The highest BCUT2D eigenvalue weighted by Crippen LogP contribution is 2.15. The number of nitrogens with one attached hydrogen (secondary N) is 2. The fraction of sp³-hybridized carbons (Fsp3) is 0.308. The summed E-state index contributed by atoms with van der Waals surface area (Å²) in [6.07, 6.45) is 0. The highest BCUT2D eigenvalue weighted by molar-refractivity contribution is 8.14. The molecule has 9 nitrogen and oxygen atoms in total. The molecule has 1 aromatic rings. The van der Waals surface area contributed by atoms with Crippen LogP contribution in [0.4, 0.5) is 0 Å². The van der Waals surface area contributed by atoms with E-state index in [4.69, 9.17) is 10.9 Å². The minimum absolute atomic E-state index is 0.0254. The average Bonchev–Trinajstić information content (AvgIpc) is 2.49. The van der Waals surface area contributed by atoms with Crippen LogP contribution in [0.1, 0.15) is 22.8 Å². The lowest BCUT2D eigenvalue weighted by molar-refractivity contribution is -1.21. The van der Waals surface area contributed by atoms with E-state index in [0.717, 1.165) is 11.8 Å². The summed E-state index contributed by atoms with van der Waals surface area (Å²) in [4.78, 5) is 38.5. The maximum Gasteiger partial charge on any atom is 0.240 e. The smallest absolute Gasteiger partial charge is 0.240 e. The zero-order valence-electron chi connectivity index (χ0n) is 12.3. The van der Waals surface area contributed by atoms with Crippen LogP contribution in [0.15, 0.2) is 24.3 Å². The first-order valence-electron chi connectivity index (χ1n) is 6.47. The first-order chi connectivity index (χ1) is 10.8. The van der Waals surface area contributed by atoms with Crippen molar-refractivity contribution >= 4 is 28.7 Å². The Balaban J connectivity index is 2.56. The molecule has 0 aliphatic carbocycles. The van der Waals surface area contributed by atoms with Crippen molar-refractivity contribution in [1.29, 1.82) is 0 Å². The molecule has 0 radical (unpaired) electrons. The second-order valence-electron chi connectivity index (χ2n) is 4.51. The van der Waals surface area contributed by atoms with Gasteiger partial charge in [-0.2, -0.15) is 10.0 Å². The summed E-state index contributed by atoms with van der Waals surface area (Å²) >= 11 is 0.852. The van der Waals surface area contributed by atoms with Gasteiger partial charge < -0.3 is 16.3 Å². The Morgan fingerprint density at radius 1 is 1.39 bits per heavy atom. The number of amides is 2. The lowest BCUT2D eigenvalue weighted by Gasteiger charge is -2.13. The van der Waals surface area contributed by atoms with E-state index in [1.54, 1.807) is 12.1 Å². The van der Waals surface area contributed by atoms with Crippen LogP contribution in [0.2, 0.25) is 0 Å². The molecule has 0 aromatic heterocycles. The van der Waals surface area contributed by atoms with Gasteiger partial charge in [-0.1, -0.05) is 41.4 Å². The molecule has 0 fully saturated rings. The Hall–Kier alpha value is -1.98. The first-order valence-corrected chi connectivity index (χ1v) is 7.46. The Morgan fingerprint density at radius 2 is 2.00 bits per heavy atom. The van der Waals surface area contributed by atoms with Crippen LogP contribution in [0.3, 0.4) is 0 Å². The van der Waals surface area contributed by atoms with Gasteiger partial charge in [0.2, 0.25) is 16.9 Å². The Kier molecular flexibility index (Phi) is 7.65. The van der Waals surface area contributed by atoms with Crippen LogP contribution in [-0.2, 0) is 21.0 Å². The SMILES string of the molecule is CC(=O)N[C@@H](CSC(=O)c1ccc(CO[NH+]([O-])O)cc1)C(N)=O. The van der Waals surface area contributed by atoms with Gasteiger partial charge in [0.25, 0.3) is 0 Å². The number of quaternary nitrogens is 1. The molecular formula is C13H17N3O6S. The number of carbonyl (C=O) groups is 3. The van der Waals surface area contributed by atoms with Crippen molar-refractivity contribution in [2.75, 3.05) is 5.75 Å². The minimum Gasteiger partial charge on any atom is -0.566 e. The van der Waals surface area contributed by atoms with Crippen molar-refractivity contribution in [3.63, 3.8) is 0 Å². The van der Waals surface area contributed by atoms with Crippen LogP contribution >= 0.6 is 11.8 Å². The third kappa shape index (κ3) is 7.21. The number of hydrogen-bond donors (Lipinski definition) is 4. The summed E-state index contributed by atoms with van der Waals surface area (Å²) in [5, 5.41) is 19.4. The van der Waals surface area contributed by atoms with Gasteiger partial charge in [0, 0.05) is 18.2 Å². The summed E-state index contributed by atoms with van der Waals surface area (Å²) in [5.41, 5.74) is 6.12. The van der Waals surface area contributed by atoms with E-state index in [-0.39, 0.29) is 17.5 Å². The van der Waals surface area contributed by atoms with E-state index in [0.29, 0.717) is 11.1 Å². The predicted molar refractivity (Wildman–Crippen MR) is 80.9 cm³/mol. The van der Waals surface area contributed by atoms with E-state index in [1.165, 1.54) is 19.1 Å². The maximum absolute atomic E-state index is 12.0. The van der Waals surface area contributed by atoms with Gasteiger partial charge in [-0.15, -0.1) is 0 Å². The monoisotopic (exact) mass is 343 g/mol. The van der Waals surface area contributed by atoms with Gasteiger partial charge in [-0.05, 0) is 5.56 Å². The lowest BCUT2D eigenvalue weighted by Crippen LogP contribution is -3.03. The summed E-state index contributed by atoms with van der Waals surface area (Å²) in [7, 11) is 0. The molecule has 0 aliphatic heterocycles. The quantitative estimate of drug-likeness (QED) is 0.431. The molecule has 0 bridgehead atoms. The molecule has 126 valence electrons. The van der Waals surface area contributed by atoms with Gasteiger partial charge in [0.05, 0.1) is 0 Å². The number of rotatable bonds is 8. The Bertz CT molecular complexity index is 563. The lowest BCUT2D eigenvalue weighted by atomic mass is 10.2. The molecule has 2 amide bonds. The molecule has 10 heteroatoms. The van der Waals surface area contributed by atoms with Gasteiger partial charge in [-0.25, -0.2) is 0 Å². The summed E-state index contributed by atoms with van der Waals surface area (Å²) in [6, 6.07) is 5.25.